The molecular weight excluding hydrogens is 555 g/mol. The average Bonchev–Trinajstić information content (AvgIpc) is 3.29. The number of imide groups is 1. The molecule has 0 unspecified atom stereocenters. The first-order valence-electron chi connectivity index (χ1n) is 12.8. The van der Waals surface area contributed by atoms with Gasteiger partial charge in [-0.05, 0) is 43.7 Å². The fourth-order valence-electron chi connectivity index (χ4n) is 4.16. The number of benzene rings is 2. The summed E-state index contributed by atoms with van der Waals surface area (Å²) >= 11 is 0. The first kappa shape index (κ1) is 29.6. The van der Waals surface area contributed by atoms with Gasteiger partial charge in [-0.2, -0.15) is 0 Å². The number of rotatable bonds is 9. The van der Waals surface area contributed by atoms with Gasteiger partial charge in [-0.1, -0.05) is 12.1 Å². The van der Waals surface area contributed by atoms with Crippen molar-refractivity contribution < 1.29 is 48.0 Å². The topological polar surface area (TPSA) is 170 Å². The number of aromatic nitrogens is 2. The van der Waals surface area contributed by atoms with E-state index >= 15 is 0 Å². The lowest BCUT2D eigenvalue weighted by atomic mass is 10.1. The summed E-state index contributed by atoms with van der Waals surface area (Å²) in [5, 5.41) is 24.3. The Kier molecular flexibility index (Phi) is 9.05. The Morgan fingerprint density at radius 1 is 1.00 bits per heavy atom. The Labute approximate surface area is 238 Å². The van der Waals surface area contributed by atoms with Crippen LogP contribution in [-0.4, -0.2) is 75.0 Å². The molecule has 4 aromatic rings. The van der Waals surface area contributed by atoms with Crippen molar-refractivity contribution in [2.24, 2.45) is 0 Å². The molecular formula is C28H27FN4O9. The minimum atomic E-state index is -1.33. The summed E-state index contributed by atoms with van der Waals surface area (Å²) in [6, 6.07) is 7.40. The number of fused-ring (bicyclic) bond motifs is 2. The molecule has 42 heavy (non-hydrogen) atoms. The molecule has 0 aliphatic carbocycles. The molecule has 0 saturated heterocycles. The number of pyridine rings is 1. The molecule has 14 heteroatoms. The van der Waals surface area contributed by atoms with Crippen LogP contribution >= 0.6 is 0 Å². The highest BCUT2D eigenvalue weighted by Crippen LogP contribution is 2.46. The number of carbonyl (C=O) groups is 4. The van der Waals surface area contributed by atoms with Crippen LogP contribution in [-0.2, 0) is 25.6 Å². The predicted octanol–water partition coefficient (Wildman–Crippen LogP) is 3.42. The number of hydrogen-bond donors (Lipinski definition) is 3. The van der Waals surface area contributed by atoms with E-state index in [2.05, 4.69) is 10.3 Å². The first-order valence-corrected chi connectivity index (χ1v) is 12.8. The predicted molar refractivity (Wildman–Crippen MR) is 145 cm³/mol. The molecule has 2 aromatic heterocycles. The average molecular weight is 583 g/mol. The maximum atomic E-state index is 13.4. The van der Waals surface area contributed by atoms with Crippen LogP contribution in [0.25, 0.3) is 21.7 Å². The molecule has 4 rings (SSSR count). The van der Waals surface area contributed by atoms with Crippen LogP contribution in [0.4, 0.5) is 14.0 Å². The summed E-state index contributed by atoms with van der Waals surface area (Å²) in [5.41, 5.74) is 0.595. The molecule has 0 spiro atoms. The summed E-state index contributed by atoms with van der Waals surface area (Å²) < 4.78 is 30.0. The van der Waals surface area contributed by atoms with E-state index in [1.165, 1.54) is 60.3 Å². The Morgan fingerprint density at radius 2 is 1.69 bits per heavy atom. The van der Waals surface area contributed by atoms with Crippen LogP contribution in [0.1, 0.15) is 19.4 Å². The first-order chi connectivity index (χ1) is 20.1. The largest absolute Gasteiger partial charge is 0.505 e. The smallest absolute Gasteiger partial charge is 0.424 e. The molecule has 3 amide bonds. The zero-order valence-corrected chi connectivity index (χ0v) is 22.6. The van der Waals surface area contributed by atoms with Crippen LogP contribution in [0.5, 0.6) is 17.4 Å². The van der Waals surface area contributed by atoms with Gasteiger partial charge in [0.05, 0.1) is 30.5 Å². The summed E-state index contributed by atoms with van der Waals surface area (Å²) in [5.74, 6) is -3.12. The van der Waals surface area contributed by atoms with Gasteiger partial charge in [-0.15, -0.1) is 0 Å². The van der Waals surface area contributed by atoms with Crippen LogP contribution in [0.2, 0.25) is 0 Å². The van der Waals surface area contributed by atoms with Gasteiger partial charge in [0.25, 0.3) is 0 Å². The van der Waals surface area contributed by atoms with Gasteiger partial charge >= 0.3 is 24.1 Å². The van der Waals surface area contributed by atoms with Gasteiger partial charge in [-0.3, -0.25) is 14.6 Å². The molecule has 0 fully saturated rings. The zero-order chi connectivity index (χ0) is 30.4. The van der Waals surface area contributed by atoms with Crippen molar-refractivity contribution >= 4 is 45.7 Å². The number of carbonyl (C=O) groups excluding carboxylic acids is 4. The number of phenols is 1. The number of urea groups is 1. The Hall–Kier alpha value is -5.40. The third kappa shape index (κ3) is 6.32. The number of nitrogens with one attached hydrogen (secondary N) is 1. The summed E-state index contributed by atoms with van der Waals surface area (Å²) in [6.45, 7) is 1.77. The Morgan fingerprint density at radius 3 is 2.38 bits per heavy atom. The number of amides is 3. The number of halogens is 1. The molecule has 0 atom stereocenters. The molecule has 220 valence electrons. The normalized spacial score (nSPS) is 10.8. The van der Waals surface area contributed by atoms with Crippen molar-refractivity contribution in [3.05, 3.63) is 60.2 Å². The Bertz CT molecular complexity index is 1650. The molecule has 0 aliphatic rings. The molecule has 0 saturated carbocycles. The minimum Gasteiger partial charge on any atom is -0.505 e. The molecule has 3 N–H and O–H groups in total. The van der Waals surface area contributed by atoms with Crippen LogP contribution < -0.4 is 10.1 Å². The number of esters is 2. The maximum Gasteiger partial charge on any atom is 0.424 e. The Balaban J connectivity index is 1.75. The van der Waals surface area contributed by atoms with Crippen molar-refractivity contribution in [1.82, 2.24) is 19.8 Å². The highest BCUT2D eigenvalue weighted by atomic mass is 19.1. The maximum absolute atomic E-state index is 13.4. The molecule has 13 nitrogen and oxygen atoms in total. The summed E-state index contributed by atoms with van der Waals surface area (Å²) in [4.78, 5) is 54.7. The summed E-state index contributed by atoms with van der Waals surface area (Å²) in [7, 11) is 0. The van der Waals surface area contributed by atoms with E-state index in [0.717, 1.165) is 0 Å². The van der Waals surface area contributed by atoms with E-state index in [1.54, 1.807) is 6.92 Å². The van der Waals surface area contributed by atoms with Crippen LogP contribution in [0.15, 0.2) is 48.8 Å². The van der Waals surface area contributed by atoms with Crippen molar-refractivity contribution in [1.29, 1.82) is 0 Å². The van der Waals surface area contributed by atoms with Crippen molar-refractivity contribution in [3.63, 3.8) is 0 Å². The van der Waals surface area contributed by atoms with E-state index in [9.17, 15) is 33.8 Å². The molecule has 2 aromatic carbocycles. The highest BCUT2D eigenvalue weighted by Gasteiger charge is 2.30. The minimum absolute atomic E-state index is 0.0219. The third-order valence-corrected chi connectivity index (χ3v) is 6.01. The van der Waals surface area contributed by atoms with E-state index in [-0.39, 0.29) is 47.2 Å². The number of aromatic hydroxyl groups is 2. The van der Waals surface area contributed by atoms with Gasteiger partial charge in [0, 0.05) is 17.8 Å². The lowest BCUT2D eigenvalue weighted by molar-refractivity contribution is -0.143. The second-order valence-electron chi connectivity index (χ2n) is 8.80. The molecule has 0 aliphatic heterocycles. The second kappa shape index (κ2) is 12.8. The quantitative estimate of drug-likeness (QED) is 0.249. The van der Waals surface area contributed by atoms with E-state index < -0.39 is 54.6 Å². The van der Waals surface area contributed by atoms with Crippen LogP contribution in [0.3, 0.4) is 0 Å². The van der Waals surface area contributed by atoms with Gasteiger partial charge < -0.3 is 34.3 Å². The van der Waals surface area contributed by atoms with Crippen molar-refractivity contribution in [2.75, 3.05) is 26.3 Å². The fourth-order valence-corrected chi connectivity index (χ4v) is 4.16. The molecule has 2 heterocycles. The van der Waals surface area contributed by atoms with Gasteiger partial charge in [-0.25, -0.2) is 18.9 Å². The number of hydrogen-bond acceptors (Lipinski definition) is 10. The van der Waals surface area contributed by atoms with Gasteiger partial charge in [0.1, 0.15) is 24.4 Å². The van der Waals surface area contributed by atoms with Gasteiger partial charge in [0.2, 0.25) is 5.88 Å². The molecule has 0 radical (unpaired) electrons. The lowest BCUT2D eigenvalue weighted by Gasteiger charge is -2.20. The van der Waals surface area contributed by atoms with Crippen molar-refractivity contribution in [2.45, 2.75) is 20.4 Å². The third-order valence-electron chi connectivity index (χ3n) is 6.01. The standard InChI is InChI=1S/C28H27FN4O9/c1-3-40-20(34)12-31-27(38)33(15-21(35)41-4-2)28(39)42-25-18-6-5-11-30-23(18)24(36)22-19(25)14-32(26(22)37)13-16-7-9-17(29)10-8-16/h5-11,14,36-37H,3-4,12-13,15H2,1-2H3,(H,31,38). The zero-order valence-electron chi connectivity index (χ0n) is 22.6. The second-order valence-corrected chi connectivity index (χ2v) is 8.80. The van der Waals surface area contributed by atoms with Crippen molar-refractivity contribution in [3.8, 4) is 17.4 Å². The summed E-state index contributed by atoms with van der Waals surface area (Å²) in [6.07, 6.45) is 1.45. The van der Waals surface area contributed by atoms with Gasteiger partial charge in [0.15, 0.2) is 11.5 Å². The fraction of sp³-hybridized carbons (Fsp3) is 0.250. The lowest BCUT2D eigenvalue weighted by Crippen LogP contribution is -2.49. The SMILES string of the molecule is CCOC(=O)CNC(=O)N(CC(=O)OCC)C(=O)Oc1c2cccnc2c(O)c2c(O)n(Cc3ccc(F)cc3)cc12. The monoisotopic (exact) mass is 582 g/mol. The number of nitrogens with zero attached hydrogens (tertiary/aromatic N) is 3. The van der Waals surface area contributed by atoms with E-state index in [1.807, 2.05) is 0 Å². The van der Waals surface area contributed by atoms with Crippen LogP contribution in [0, 0.1) is 5.82 Å². The number of ether oxygens (including phenoxy) is 3. The van der Waals surface area contributed by atoms with E-state index in [0.29, 0.717) is 10.5 Å². The highest BCUT2D eigenvalue weighted by molar-refractivity contribution is 6.12. The number of phenolic OH excluding ortho intramolecular Hbond substituents is 1. The van der Waals surface area contributed by atoms with E-state index in [4.69, 9.17) is 14.2 Å². The molecule has 0 bridgehead atoms.